The van der Waals surface area contributed by atoms with Gasteiger partial charge < -0.3 is 0 Å². The van der Waals surface area contributed by atoms with Gasteiger partial charge in [-0.05, 0) is 139 Å². The number of hydrogen-bond acceptors (Lipinski definition) is 0. The van der Waals surface area contributed by atoms with Gasteiger partial charge in [-0.3, -0.25) is 0 Å². The Labute approximate surface area is 304 Å². The van der Waals surface area contributed by atoms with E-state index in [2.05, 4.69) is 172 Å². The van der Waals surface area contributed by atoms with Crippen molar-refractivity contribution in [2.24, 2.45) is 0 Å². The van der Waals surface area contributed by atoms with Crippen LogP contribution in [-0.4, -0.2) is 0 Å². The SMILES string of the molecule is CC(C)(C)c1ccccc1-c1ccc2c3c1CCC=c3c1c(-c3ccccc3)c3c(cc4c5ccccc5c5cccc3c54)c(-c3ccccc3)c12. The van der Waals surface area contributed by atoms with Gasteiger partial charge in [-0.25, -0.2) is 0 Å². The van der Waals surface area contributed by atoms with Gasteiger partial charge in [-0.1, -0.05) is 166 Å². The molecule has 0 nitrogen and oxygen atoms in total. The van der Waals surface area contributed by atoms with Crippen LogP contribution in [0.1, 0.15) is 38.3 Å². The molecule has 10 aromatic rings. The zero-order chi connectivity index (χ0) is 34.7. The maximum Gasteiger partial charge on any atom is -0.000763 e. The number of fused-ring (bicyclic) bond motifs is 8. The fourth-order valence-corrected chi connectivity index (χ4v) is 9.93. The Morgan fingerprint density at radius 3 is 1.77 bits per heavy atom. The molecule has 0 saturated carbocycles. The molecule has 1 aliphatic rings. The number of rotatable bonds is 3. The van der Waals surface area contributed by atoms with E-state index in [1.807, 2.05) is 0 Å². The normalized spacial score (nSPS) is 13.3. The molecular weight excluding hydrogens is 625 g/mol. The van der Waals surface area contributed by atoms with E-state index in [1.165, 1.54) is 114 Å². The molecular formula is C52H38. The second-order valence-electron chi connectivity index (χ2n) is 15.8. The van der Waals surface area contributed by atoms with E-state index < -0.39 is 0 Å². The van der Waals surface area contributed by atoms with Crippen molar-refractivity contribution in [3.63, 3.8) is 0 Å². The molecule has 0 heterocycles. The lowest BCUT2D eigenvalue weighted by atomic mass is 9.79. The van der Waals surface area contributed by atoms with E-state index in [0.717, 1.165) is 12.8 Å². The van der Waals surface area contributed by atoms with Crippen molar-refractivity contribution in [3.8, 4) is 33.4 Å². The lowest BCUT2D eigenvalue weighted by Gasteiger charge is -2.25. The zero-order valence-electron chi connectivity index (χ0n) is 29.8. The Morgan fingerprint density at radius 2 is 1.02 bits per heavy atom. The first-order valence-corrected chi connectivity index (χ1v) is 18.8. The van der Waals surface area contributed by atoms with E-state index in [9.17, 15) is 0 Å². The summed E-state index contributed by atoms with van der Waals surface area (Å²) in [4.78, 5) is 0. The predicted octanol–water partition coefficient (Wildman–Crippen LogP) is 13.8. The van der Waals surface area contributed by atoms with Crippen LogP contribution in [-0.2, 0) is 11.8 Å². The van der Waals surface area contributed by atoms with Crippen LogP contribution in [0.2, 0.25) is 0 Å². The molecule has 0 N–H and O–H groups in total. The summed E-state index contributed by atoms with van der Waals surface area (Å²) in [5.74, 6) is 0. The van der Waals surface area contributed by atoms with Crippen LogP contribution in [0.3, 0.4) is 0 Å². The monoisotopic (exact) mass is 662 g/mol. The molecule has 52 heavy (non-hydrogen) atoms. The fourth-order valence-electron chi connectivity index (χ4n) is 9.93. The first-order valence-electron chi connectivity index (χ1n) is 18.8. The minimum absolute atomic E-state index is 0.0402. The molecule has 0 saturated heterocycles. The van der Waals surface area contributed by atoms with Crippen molar-refractivity contribution in [2.75, 3.05) is 0 Å². The highest BCUT2D eigenvalue weighted by atomic mass is 14.3. The van der Waals surface area contributed by atoms with E-state index in [-0.39, 0.29) is 5.41 Å². The molecule has 0 spiro atoms. The first kappa shape index (κ1) is 29.7. The predicted molar refractivity (Wildman–Crippen MR) is 226 cm³/mol. The first-order chi connectivity index (χ1) is 25.5. The van der Waals surface area contributed by atoms with Gasteiger partial charge in [-0.15, -0.1) is 0 Å². The van der Waals surface area contributed by atoms with Crippen LogP contribution in [0.25, 0.3) is 104 Å². The smallest absolute Gasteiger partial charge is 0.000763 e. The second-order valence-corrected chi connectivity index (χ2v) is 15.8. The maximum absolute atomic E-state index is 2.56. The lowest BCUT2D eigenvalue weighted by molar-refractivity contribution is 0.592. The minimum Gasteiger partial charge on any atom is -0.0756 e. The van der Waals surface area contributed by atoms with Crippen molar-refractivity contribution in [1.29, 1.82) is 0 Å². The fraction of sp³-hybridized carbons (Fsp3) is 0.115. The van der Waals surface area contributed by atoms with Crippen molar-refractivity contribution >= 4 is 70.7 Å². The summed E-state index contributed by atoms with van der Waals surface area (Å²) < 4.78 is 0. The van der Waals surface area contributed by atoms with Crippen LogP contribution >= 0.6 is 0 Å². The molecule has 0 bridgehead atoms. The highest BCUT2D eigenvalue weighted by Crippen LogP contribution is 2.52. The highest BCUT2D eigenvalue weighted by molar-refractivity contribution is 6.41. The molecule has 0 fully saturated rings. The average molecular weight is 663 g/mol. The molecule has 10 aromatic carbocycles. The Hall–Kier alpha value is -5.98. The molecule has 0 aromatic heterocycles. The van der Waals surface area contributed by atoms with Crippen LogP contribution in [0.15, 0.2) is 146 Å². The van der Waals surface area contributed by atoms with Gasteiger partial charge in [0.2, 0.25) is 0 Å². The van der Waals surface area contributed by atoms with Gasteiger partial charge in [0.25, 0.3) is 0 Å². The summed E-state index contributed by atoms with van der Waals surface area (Å²) in [5, 5.41) is 17.8. The molecule has 0 radical (unpaired) electrons. The third-order valence-electron chi connectivity index (χ3n) is 12.0. The number of hydrogen-bond donors (Lipinski definition) is 0. The Kier molecular flexibility index (Phi) is 6.15. The van der Waals surface area contributed by atoms with Gasteiger partial charge >= 0.3 is 0 Å². The molecule has 246 valence electrons. The Bertz CT molecular complexity index is 3120. The molecule has 0 aliphatic heterocycles. The van der Waals surface area contributed by atoms with Crippen LogP contribution in [0.5, 0.6) is 0 Å². The van der Waals surface area contributed by atoms with E-state index in [1.54, 1.807) is 0 Å². The van der Waals surface area contributed by atoms with Crippen molar-refractivity contribution in [3.05, 3.63) is 162 Å². The summed E-state index contributed by atoms with van der Waals surface area (Å²) in [6.07, 6.45) is 4.63. The standard InChI is InChI=1S/C52H38/c1-52(2,3)44-27-13-12-22-36(44)35-28-29-41-47-38(35)24-15-26-40(47)51-46(32-18-8-5-9-19-32)49-39-25-14-23-37-33-20-10-11-21-34(33)42(48(37)39)30-43(49)45(50(41)51)31-16-6-4-7-17-31/h4-14,16-23,25-30H,15,24H2,1-3H3. The second kappa shape index (κ2) is 10.8. The third kappa shape index (κ3) is 3.98. The number of benzene rings is 8. The van der Waals surface area contributed by atoms with Gasteiger partial charge in [0.15, 0.2) is 0 Å². The summed E-state index contributed by atoms with van der Waals surface area (Å²) >= 11 is 0. The Morgan fingerprint density at radius 1 is 0.404 bits per heavy atom. The van der Waals surface area contributed by atoms with Crippen LogP contribution in [0, 0.1) is 0 Å². The van der Waals surface area contributed by atoms with Crippen molar-refractivity contribution < 1.29 is 0 Å². The summed E-state index contributed by atoms with van der Waals surface area (Å²) in [7, 11) is 0. The van der Waals surface area contributed by atoms with Gasteiger partial charge in [0.1, 0.15) is 0 Å². The average Bonchev–Trinajstić information content (AvgIpc) is 3.69. The summed E-state index contributed by atoms with van der Waals surface area (Å²) in [5.41, 5.74) is 10.9. The summed E-state index contributed by atoms with van der Waals surface area (Å²) in [6.45, 7) is 7.02. The van der Waals surface area contributed by atoms with Gasteiger partial charge in [-0.2, -0.15) is 0 Å². The molecule has 0 amide bonds. The van der Waals surface area contributed by atoms with Gasteiger partial charge in [0.05, 0.1) is 0 Å². The topological polar surface area (TPSA) is 0 Å². The highest BCUT2D eigenvalue weighted by Gasteiger charge is 2.28. The quantitative estimate of drug-likeness (QED) is 0.165. The third-order valence-corrected chi connectivity index (χ3v) is 12.0. The van der Waals surface area contributed by atoms with E-state index in [0.29, 0.717) is 0 Å². The molecule has 1 aliphatic carbocycles. The zero-order valence-corrected chi connectivity index (χ0v) is 29.8. The summed E-state index contributed by atoms with van der Waals surface area (Å²) in [6, 6.07) is 54.9. The Balaban J connectivity index is 1.43. The molecule has 11 rings (SSSR count). The van der Waals surface area contributed by atoms with Gasteiger partial charge in [0, 0.05) is 0 Å². The maximum atomic E-state index is 2.56. The van der Waals surface area contributed by atoms with Crippen LogP contribution < -0.4 is 5.22 Å². The number of aryl methyl sites for hydroxylation is 1. The van der Waals surface area contributed by atoms with E-state index >= 15 is 0 Å². The lowest BCUT2D eigenvalue weighted by Crippen LogP contribution is -2.14. The van der Waals surface area contributed by atoms with Crippen LogP contribution in [0.4, 0.5) is 0 Å². The van der Waals surface area contributed by atoms with E-state index in [4.69, 9.17) is 0 Å². The molecule has 0 atom stereocenters. The molecule has 0 unspecified atom stereocenters. The van der Waals surface area contributed by atoms with Crippen molar-refractivity contribution in [2.45, 2.75) is 39.0 Å². The minimum atomic E-state index is 0.0402. The molecule has 0 heteroatoms. The van der Waals surface area contributed by atoms with Crippen molar-refractivity contribution in [1.82, 2.24) is 0 Å². The largest absolute Gasteiger partial charge is 0.0756 e.